The number of nitrogens with zero attached hydrogens (tertiary/aromatic N) is 5. The van der Waals surface area contributed by atoms with Gasteiger partial charge in [-0.3, -0.25) is 0 Å². The summed E-state index contributed by atoms with van der Waals surface area (Å²) in [5.74, 6) is 2.37. The molecule has 0 bridgehead atoms. The van der Waals surface area contributed by atoms with Crippen molar-refractivity contribution in [2.45, 2.75) is 51.0 Å². The van der Waals surface area contributed by atoms with Gasteiger partial charge in [0.1, 0.15) is 5.82 Å². The van der Waals surface area contributed by atoms with Crippen LogP contribution in [0.25, 0.3) is 11.3 Å². The fraction of sp³-hybridized carbons (Fsp3) is 0.464. The number of hydrogen-bond acceptors (Lipinski definition) is 5. The molecule has 1 aliphatic heterocycles. The Kier molecular flexibility index (Phi) is 6.80. The molecule has 0 radical (unpaired) electrons. The lowest BCUT2D eigenvalue weighted by atomic mass is 9.77. The van der Waals surface area contributed by atoms with Crippen LogP contribution in [-0.2, 0) is 7.05 Å². The van der Waals surface area contributed by atoms with Gasteiger partial charge in [-0.1, -0.05) is 12.8 Å². The van der Waals surface area contributed by atoms with Gasteiger partial charge in [0.05, 0.1) is 29.9 Å². The highest BCUT2D eigenvalue weighted by molar-refractivity contribution is 5.62. The van der Waals surface area contributed by atoms with Gasteiger partial charge in [-0.2, -0.15) is 5.26 Å². The number of hydrogen-bond donors (Lipinski definition) is 1. The first-order chi connectivity index (χ1) is 16.7. The number of piperidine rings is 1. The molecular formula is C28H34N6. The molecule has 1 saturated heterocycles. The summed E-state index contributed by atoms with van der Waals surface area (Å²) in [5, 5.41) is 12.9. The molecule has 1 saturated carbocycles. The first kappa shape index (κ1) is 22.5. The summed E-state index contributed by atoms with van der Waals surface area (Å²) in [6.45, 7) is 2.23. The Labute approximate surface area is 202 Å². The second-order valence-corrected chi connectivity index (χ2v) is 9.96. The van der Waals surface area contributed by atoms with Crippen molar-refractivity contribution in [1.29, 1.82) is 5.26 Å². The van der Waals surface area contributed by atoms with E-state index in [-0.39, 0.29) is 0 Å². The Morgan fingerprint density at radius 3 is 2.74 bits per heavy atom. The van der Waals surface area contributed by atoms with Crippen molar-refractivity contribution in [3.63, 3.8) is 0 Å². The van der Waals surface area contributed by atoms with E-state index >= 15 is 0 Å². The standard InChI is InChI=1S/C28H34N6/c1-33-20-30-18-27(33)24-12-13-31-28(16-24)32-26-7-3-2-6-23(26)15-22-5-4-14-34(19-22)25-10-8-21(17-29)9-11-25/h8-13,16,18,20,22-23,26H,2-7,14-15,19H2,1H3,(H,31,32)/t22-,23+,26-/m1/s1. The van der Waals surface area contributed by atoms with E-state index in [0.29, 0.717) is 17.9 Å². The lowest BCUT2D eigenvalue weighted by Crippen LogP contribution is -2.39. The molecule has 0 amide bonds. The monoisotopic (exact) mass is 454 g/mol. The molecule has 1 N–H and O–H groups in total. The molecule has 1 aromatic carbocycles. The zero-order valence-corrected chi connectivity index (χ0v) is 20.0. The maximum Gasteiger partial charge on any atom is 0.126 e. The SMILES string of the molecule is Cn1cncc1-c1ccnc(N[C@@H]2CCCC[C@H]2C[C@H]2CCCN(c3ccc(C#N)cc3)C2)c1. The Morgan fingerprint density at radius 1 is 1.09 bits per heavy atom. The van der Waals surface area contributed by atoms with Crippen molar-refractivity contribution in [2.75, 3.05) is 23.3 Å². The van der Waals surface area contributed by atoms with Gasteiger partial charge < -0.3 is 14.8 Å². The van der Waals surface area contributed by atoms with Gasteiger partial charge in [-0.05, 0) is 80.3 Å². The Hall–Kier alpha value is -3.33. The molecule has 6 heteroatoms. The molecule has 3 atom stereocenters. The zero-order valence-electron chi connectivity index (χ0n) is 20.0. The minimum absolute atomic E-state index is 0.480. The Bertz CT molecular complexity index is 1130. The van der Waals surface area contributed by atoms with Crippen molar-refractivity contribution < 1.29 is 0 Å². The first-order valence-electron chi connectivity index (χ1n) is 12.6. The smallest absolute Gasteiger partial charge is 0.126 e. The predicted molar refractivity (Wildman–Crippen MR) is 137 cm³/mol. The van der Waals surface area contributed by atoms with Crippen LogP contribution in [0.3, 0.4) is 0 Å². The molecule has 3 heterocycles. The number of pyridine rings is 1. The average Bonchev–Trinajstić information content (AvgIpc) is 3.31. The fourth-order valence-corrected chi connectivity index (χ4v) is 5.84. The maximum absolute atomic E-state index is 9.09. The number of anilines is 2. The van der Waals surface area contributed by atoms with Crippen LogP contribution in [0.4, 0.5) is 11.5 Å². The first-order valence-corrected chi connectivity index (χ1v) is 12.6. The van der Waals surface area contributed by atoms with Gasteiger partial charge in [0.15, 0.2) is 0 Å². The summed E-state index contributed by atoms with van der Waals surface area (Å²) in [5.41, 5.74) is 4.23. The van der Waals surface area contributed by atoms with Crippen LogP contribution in [0.1, 0.15) is 50.5 Å². The van der Waals surface area contributed by atoms with Crippen molar-refractivity contribution in [3.8, 4) is 17.3 Å². The number of aryl methyl sites for hydroxylation is 1. The average molecular weight is 455 g/mol. The molecule has 2 aromatic heterocycles. The van der Waals surface area contributed by atoms with Crippen LogP contribution in [0.15, 0.2) is 55.1 Å². The van der Waals surface area contributed by atoms with Crippen LogP contribution < -0.4 is 10.2 Å². The van der Waals surface area contributed by atoms with Crippen molar-refractivity contribution in [2.24, 2.45) is 18.9 Å². The maximum atomic E-state index is 9.09. The quantitative estimate of drug-likeness (QED) is 0.523. The van der Waals surface area contributed by atoms with Gasteiger partial charge in [0, 0.05) is 43.6 Å². The van der Waals surface area contributed by atoms with E-state index < -0.39 is 0 Å². The number of nitriles is 1. The molecule has 6 nitrogen and oxygen atoms in total. The summed E-state index contributed by atoms with van der Waals surface area (Å²) in [6.07, 6.45) is 14.6. The Morgan fingerprint density at radius 2 is 1.94 bits per heavy atom. The molecule has 2 fully saturated rings. The molecular weight excluding hydrogens is 420 g/mol. The number of imidazole rings is 1. The number of nitrogens with one attached hydrogen (secondary N) is 1. The highest BCUT2D eigenvalue weighted by Crippen LogP contribution is 2.35. The summed E-state index contributed by atoms with van der Waals surface area (Å²) in [7, 11) is 2.03. The third-order valence-electron chi connectivity index (χ3n) is 7.63. The lowest BCUT2D eigenvalue weighted by Gasteiger charge is -2.39. The normalized spacial score (nSPS) is 22.8. The number of rotatable bonds is 6. The zero-order chi connectivity index (χ0) is 23.3. The van der Waals surface area contributed by atoms with Gasteiger partial charge >= 0.3 is 0 Å². The molecule has 1 aliphatic carbocycles. The second kappa shape index (κ2) is 10.3. The predicted octanol–water partition coefficient (Wildman–Crippen LogP) is 5.63. The third kappa shape index (κ3) is 5.09. The van der Waals surface area contributed by atoms with Crippen molar-refractivity contribution >= 4 is 11.5 Å². The van der Waals surface area contributed by atoms with Crippen LogP contribution in [0.2, 0.25) is 0 Å². The topological polar surface area (TPSA) is 69.8 Å². The Balaban J connectivity index is 1.24. The van der Waals surface area contributed by atoms with E-state index in [0.717, 1.165) is 35.7 Å². The fourth-order valence-electron chi connectivity index (χ4n) is 5.84. The summed E-state index contributed by atoms with van der Waals surface area (Å²) in [6, 6.07) is 15.0. The number of aromatic nitrogens is 3. The van der Waals surface area contributed by atoms with E-state index in [1.54, 1.807) is 0 Å². The third-order valence-corrected chi connectivity index (χ3v) is 7.63. The van der Waals surface area contributed by atoms with Gasteiger partial charge in [-0.15, -0.1) is 0 Å². The highest BCUT2D eigenvalue weighted by Gasteiger charge is 2.30. The van der Waals surface area contributed by atoms with Crippen molar-refractivity contribution in [1.82, 2.24) is 14.5 Å². The van der Waals surface area contributed by atoms with Crippen LogP contribution in [-0.4, -0.2) is 33.7 Å². The van der Waals surface area contributed by atoms with Crippen molar-refractivity contribution in [3.05, 3.63) is 60.7 Å². The molecule has 2 aliphatic rings. The highest BCUT2D eigenvalue weighted by atomic mass is 15.1. The van der Waals surface area contributed by atoms with Crippen LogP contribution in [0, 0.1) is 23.2 Å². The summed E-state index contributed by atoms with van der Waals surface area (Å²) in [4.78, 5) is 11.4. The molecule has 5 rings (SSSR count). The second-order valence-electron chi connectivity index (χ2n) is 9.96. The summed E-state index contributed by atoms with van der Waals surface area (Å²) >= 11 is 0. The minimum Gasteiger partial charge on any atom is -0.371 e. The van der Waals surface area contributed by atoms with E-state index in [1.165, 1.54) is 50.6 Å². The molecule has 0 spiro atoms. The lowest BCUT2D eigenvalue weighted by molar-refractivity contribution is 0.247. The molecule has 0 unspecified atom stereocenters. The van der Waals surface area contributed by atoms with E-state index in [2.05, 4.69) is 50.5 Å². The van der Waals surface area contributed by atoms with Gasteiger partial charge in [-0.25, -0.2) is 9.97 Å². The molecule has 34 heavy (non-hydrogen) atoms. The van der Waals surface area contributed by atoms with E-state index in [9.17, 15) is 0 Å². The van der Waals surface area contributed by atoms with Gasteiger partial charge in [0.25, 0.3) is 0 Å². The molecule has 176 valence electrons. The largest absolute Gasteiger partial charge is 0.371 e. The van der Waals surface area contributed by atoms with Crippen LogP contribution in [0.5, 0.6) is 0 Å². The summed E-state index contributed by atoms with van der Waals surface area (Å²) < 4.78 is 2.05. The van der Waals surface area contributed by atoms with E-state index in [4.69, 9.17) is 5.26 Å². The minimum atomic E-state index is 0.480. The molecule has 3 aromatic rings. The van der Waals surface area contributed by atoms with Crippen LogP contribution >= 0.6 is 0 Å². The van der Waals surface area contributed by atoms with Gasteiger partial charge in [0.2, 0.25) is 0 Å². The van der Waals surface area contributed by atoms with E-state index in [1.807, 2.05) is 42.5 Å². The number of benzene rings is 1.